The molecule has 0 aromatic heterocycles. The van der Waals surface area contributed by atoms with Crippen molar-refractivity contribution in [2.75, 3.05) is 26.2 Å². The van der Waals surface area contributed by atoms with Gasteiger partial charge >= 0.3 is 0 Å². The van der Waals surface area contributed by atoms with Crippen molar-refractivity contribution in [1.29, 1.82) is 0 Å². The minimum absolute atomic E-state index is 0. The van der Waals surface area contributed by atoms with Gasteiger partial charge in [0.05, 0.1) is 18.8 Å². The van der Waals surface area contributed by atoms with Crippen molar-refractivity contribution in [3.8, 4) is 0 Å². The molecule has 2 unspecified atom stereocenters. The molecule has 2 atom stereocenters. The summed E-state index contributed by atoms with van der Waals surface area (Å²) in [4.78, 5) is 4.41. The third-order valence-electron chi connectivity index (χ3n) is 3.87. The van der Waals surface area contributed by atoms with Crippen LogP contribution in [-0.4, -0.2) is 43.4 Å². The van der Waals surface area contributed by atoms with Crippen LogP contribution in [0.4, 0.5) is 4.39 Å². The molecule has 0 radical (unpaired) electrons. The Morgan fingerprint density at radius 3 is 2.38 bits per heavy atom. The highest BCUT2D eigenvalue weighted by atomic mass is 127. The Balaban J connectivity index is 0.00000625. The standard InChI is InChI=1S/C19H32FN3O2.HI/c1-5-21-19(22-12-11-18(14(3)4)25-6-2)23-13-17(24)15-7-9-16(20)10-8-15;/h7-10,14,17-18,24H,5-6,11-13H2,1-4H3,(H2,21,22,23);1H. The zero-order valence-electron chi connectivity index (χ0n) is 16.2. The molecule has 0 amide bonds. The van der Waals surface area contributed by atoms with Gasteiger partial charge in [0.1, 0.15) is 5.82 Å². The van der Waals surface area contributed by atoms with Crippen molar-refractivity contribution in [3.63, 3.8) is 0 Å². The topological polar surface area (TPSA) is 65.9 Å². The fourth-order valence-corrected chi connectivity index (χ4v) is 2.47. The first-order valence-corrected chi connectivity index (χ1v) is 9.05. The number of rotatable bonds is 10. The maximum Gasteiger partial charge on any atom is 0.191 e. The molecular weight excluding hydrogens is 448 g/mol. The van der Waals surface area contributed by atoms with Gasteiger partial charge in [-0.1, -0.05) is 26.0 Å². The van der Waals surface area contributed by atoms with Crippen molar-refractivity contribution in [3.05, 3.63) is 35.6 Å². The van der Waals surface area contributed by atoms with E-state index in [1.807, 2.05) is 13.8 Å². The van der Waals surface area contributed by atoms with E-state index in [-0.39, 0.29) is 42.4 Å². The lowest BCUT2D eigenvalue weighted by molar-refractivity contribution is 0.0258. The summed E-state index contributed by atoms with van der Waals surface area (Å²) in [6, 6.07) is 5.83. The molecule has 1 aromatic rings. The van der Waals surface area contributed by atoms with Gasteiger partial charge in [0.25, 0.3) is 0 Å². The summed E-state index contributed by atoms with van der Waals surface area (Å²) in [5, 5.41) is 16.6. The van der Waals surface area contributed by atoms with E-state index in [4.69, 9.17) is 4.74 Å². The van der Waals surface area contributed by atoms with Gasteiger partial charge < -0.3 is 20.5 Å². The van der Waals surface area contributed by atoms with Gasteiger partial charge in [-0.25, -0.2) is 4.39 Å². The number of hydrogen-bond acceptors (Lipinski definition) is 3. The maximum atomic E-state index is 12.9. The fourth-order valence-electron chi connectivity index (χ4n) is 2.47. The molecule has 150 valence electrons. The van der Waals surface area contributed by atoms with Crippen LogP contribution in [0.3, 0.4) is 0 Å². The number of ether oxygens (including phenoxy) is 1. The minimum atomic E-state index is -0.761. The van der Waals surface area contributed by atoms with E-state index >= 15 is 0 Å². The van der Waals surface area contributed by atoms with Crippen molar-refractivity contribution >= 4 is 29.9 Å². The van der Waals surface area contributed by atoms with Crippen LogP contribution < -0.4 is 10.6 Å². The normalized spacial score (nSPS) is 13.9. The van der Waals surface area contributed by atoms with Crippen LogP contribution in [0.25, 0.3) is 0 Å². The molecule has 0 aliphatic carbocycles. The van der Waals surface area contributed by atoms with Gasteiger partial charge in [0.2, 0.25) is 0 Å². The third-order valence-corrected chi connectivity index (χ3v) is 3.87. The van der Waals surface area contributed by atoms with E-state index in [0.29, 0.717) is 24.0 Å². The summed E-state index contributed by atoms with van der Waals surface area (Å²) in [6.07, 6.45) is 0.337. The predicted molar refractivity (Wildman–Crippen MR) is 116 cm³/mol. The van der Waals surface area contributed by atoms with E-state index < -0.39 is 6.10 Å². The van der Waals surface area contributed by atoms with Crippen LogP contribution in [0.15, 0.2) is 29.3 Å². The number of guanidine groups is 1. The van der Waals surface area contributed by atoms with Gasteiger partial charge in [0, 0.05) is 19.7 Å². The highest BCUT2D eigenvalue weighted by Crippen LogP contribution is 2.13. The Morgan fingerprint density at radius 2 is 1.85 bits per heavy atom. The third kappa shape index (κ3) is 9.68. The molecule has 0 aliphatic rings. The Bertz CT molecular complexity index is 512. The van der Waals surface area contributed by atoms with E-state index in [1.54, 1.807) is 12.1 Å². The van der Waals surface area contributed by atoms with E-state index in [2.05, 4.69) is 29.5 Å². The lowest BCUT2D eigenvalue weighted by Crippen LogP contribution is -2.39. The Morgan fingerprint density at radius 1 is 1.19 bits per heavy atom. The molecule has 7 heteroatoms. The largest absolute Gasteiger partial charge is 0.386 e. The maximum absolute atomic E-state index is 12.9. The first-order valence-electron chi connectivity index (χ1n) is 9.05. The lowest BCUT2D eigenvalue weighted by atomic mass is 10.0. The first-order chi connectivity index (χ1) is 12.0. The van der Waals surface area contributed by atoms with Gasteiger partial charge in [-0.2, -0.15) is 0 Å². The molecule has 1 rings (SSSR count). The summed E-state index contributed by atoms with van der Waals surface area (Å²) in [5.41, 5.74) is 0.650. The van der Waals surface area contributed by atoms with Crippen molar-refractivity contribution in [2.45, 2.75) is 46.3 Å². The Labute approximate surface area is 173 Å². The summed E-state index contributed by atoms with van der Waals surface area (Å²) >= 11 is 0. The number of nitrogens with one attached hydrogen (secondary N) is 2. The molecule has 3 N–H and O–H groups in total. The number of aliphatic hydroxyl groups is 1. The second-order valence-corrected chi connectivity index (χ2v) is 6.24. The van der Waals surface area contributed by atoms with E-state index in [0.717, 1.165) is 19.5 Å². The molecular formula is C19H33FIN3O2. The number of benzene rings is 1. The first kappa shape index (κ1) is 25.1. The molecule has 0 heterocycles. The second-order valence-electron chi connectivity index (χ2n) is 6.24. The lowest BCUT2D eigenvalue weighted by Gasteiger charge is -2.21. The second kappa shape index (κ2) is 14.2. The quantitative estimate of drug-likeness (QED) is 0.272. The van der Waals surface area contributed by atoms with Gasteiger partial charge in [-0.15, -0.1) is 24.0 Å². The molecule has 0 bridgehead atoms. The van der Waals surface area contributed by atoms with Crippen LogP contribution in [0.1, 0.15) is 45.8 Å². The Kier molecular flexibility index (Phi) is 13.7. The van der Waals surface area contributed by atoms with Gasteiger partial charge in [-0.05, 0) is 43.9 Å². The van der Waals surface area contributed by atoms with Crippen LogP contribution in [0.5, 0.6) is 0 Å². The average Bonchev–Trinajstić information content (AvgIpc) is 2.59. The number of nitrogens with zero attached hydrogens (tertiary/aromatic N) is 1. The molecule has 5 nitrogen and oxygen atoms in total. The van der Waals surface area contributed by atoms with Crippen LogP contribution in [-0.2, 0) is 4.74 Å². The molecule has 1 aromatic carbocycles. The van der Waals surface area contributed by atoms with Gasteiger partial charge in [-0.3, -0.25) is 4.99 Å². The summed E-state index contributed by atoms with van der Waals surface area (Å²) in [6.45, 7) is 10.7. The van der Waals surface area contributed by atoms with Crippen molar-refractivity contribution in [1.82, 2.24) is 10.6 Å². The monoisotopic (exact) mass is 481 g/mol. The predicted octanol–water partition coefficient (Wildman–Crippen LogP) is 3.48. The van der Waals surface area contributed by atoms with Crippen molar-refractivity contribution < 1.29 is 14.2 Å². The smallest absolute Gasteiger partial charge is 0.191 e. The zero-order chi connectivity index (χ0) is 18.7. The molecule has 0 fully saturated rings. The summed E-state index contributed by atoms with van der Waals surface area (Å²) in [7, 11) is 0. The minimum Gasteiger partial charge on any atom is -0.386 e. The molecule has 0 aliphatic heterocycles. The number of halogens is 2. The molecule has 26 heavy (non-hydrogen) atoms. The fraction of sp³-hybridized carbons (Fsp3) is 0.632. The molecule has 0 saturated carbocycles. The van der Waals surface area contributed by atoms with E-state index in [9.17, 15) is 9.50 Å². The molecule has 0 saturated heterocycles. The van der Waals surface area contributed by atoms with Gasteiger partial charge in [0.15, 0.2) is 5.96 Å². The highest BCUT2D eigenvalue weighted by molar-refractivity contribution is 14.0. The number of aliphatic imine (C=N–C) groups is 1. The van der Waals surface area contributed by atoms with Crippen LogP contribution >= 0.6 is 24.0 Å². The number of aliphatic hydroxyl groups excluding tert-OH is 1. The summed E-state index contributed by atoms with van der Waals surface area (Å²) in [5.74, 6) is 0.799. The van der Waals surface area contributed by atoms with Crippen LogP contribution in [0.2, 0.25) is 0 Å². The SMILES string of the molecule is CCNC(=NCC(O)c1ccc(F)cc1)NCCC(OCC)C(C)C.I. The highest BCUT2D eigenvalue weighted by Gasteiger charge is 2.13. The van der Waals surface area contributed by atoms with Crippen molar-refractivity contribution in [2.24, 2.45) is 10.9 Å². The van der Waals surface area contributed by atoms with Crippen LogP contribution in [0, 0.1) is 11.7 Å². The van der Waals surface area contributed by atoms with E-state index in [1.165, 1.54) is 12.1 Å². The summed E-state index contributed by atoms with van der Waals surface area (Å²) < 4.78 is 18.7. The number of hydrogen-bond donors (Lipinski definition) is 3. The molecule has 0 spiro atoms. The average molecular weight is 481 g/mol. The zero-order valence-corrected chi connectivity index (χ0v) is 18.5. The Hall–Kier alpha value is -0.930.